The van der Waals surface area contributed by atoms with Gasteiger partial charge in [-0.2, -0.15) is 0 Å². The molecule has 0 saturated carbocycles. The van der Waals surface area contributed by atoms with E-state index >= 15 is 0 Å². The van der Waals surface area contributed by atoms with Crippen molar-refractivity contribution < 1.29 is 4.74 Å². The Hall–Kier alpha value is -4.13. The van der Waals surface area contributed by atoms with Gasteiger partial charge < -0.3 is 19.5 Å². The number of aryl methyl sites for hydroxylation is 2. The van der Waals surface area contributed by atoms with Crippen LogP contribution in [0.1, 0.15) is 40.3 Å². The van der Waals surface area contributed by atoms with Crippen LogP contribution in [-0.4, -0.2) is 14.7 Å². The Morgan fingerprint density at radius 1 is 0.825 bits per heavy atom. The molecule has 6 rings (SSSR count). The molecule has 3 heterocycles. The van der Waals surface area contributed by atoms with Gasteiger partial charge in [0.1, 0.15) is 11.5 Å². The van der Waals surface area contributed by atoms with E-state index in [1.54, 1.807) is 0 Å². The molecular weight excluding hydrogens is 536 g/mol. The van der Waals surface area contributed by atoms with Crippen molar-refractivity contribution in [3.8, 4) is 17.2 Å². The van der Waals surface area contributed by atoms with E-state index in [0.29, 0.717) is 10.1 Å². The van der Waals surface area contributed by atoms with E-state index < -0.39 is 0 Å². The van der Waals surface area contributed by atoms with E-state index in [2.05, 4.69) is 53.8 Å². The van der Waals surface area contributed by atoms with Gasteiger partial charge >= 0.3 is 0 Å². The van der Waals surface area contributed by atoms with Crippen molar-refractivity contribution in [2.75, 3.05) is 4.90 Å². The number of halogens is 1. The zero-order valence-electron chi connectivity index (χ0n) is 22.5. The standard InChI is InChI=1S/C33H29ClN4OS/c1-21-7-15-27(16-8-21)39-28-17-13-26(14-18-28)38-32(31(36-33(38)40)30-6-4-5-19-35-30)29-20-22(2)37(23(29)3)25-11-9-24(34)10-12-25/h4-20,31-32H,1-3H3,(H,36,40)/t31-,32-/m1/s1. The van der Waals surface area contributed by atoms with Gasteiger partial charge in [-0.15, -0.1) is 0 Å². The molecule has 0 spiro atoms. The summed E-state index contributed by atoms with van der Waals surface area (Å²) in [5.41, 5.74) is 7.63. The number of benzene rings is 3. The molecule has 2 aromatic heterocycles. The second-order valence-electron chi connectivity index (χ2n) is 10.0. The minimum absolute atomic E-state index is 0.112. The Balaban J connectivity index is 1.40. The van der Waals surface area contributed by atoms with Gasteiger partial charge in [0.2, 0.25) is 0 Å². The molecule has 1 fully saturated rings. The van der Waals surface area contributed by atoms with Gasteiger partial charge in [0.25, 0.3) is 0 Å². The second kappa shape index (κ2) is 10.8. The Labute approximate surface area is 245 Å². The molecule has 2 atom stereocenters. The summed E-state index contributed by atoms with van der Waals surface area (Å²) in [6, 6.07) is 32.1. The normalized spacial score (nSPS) is 16.7. The molecule has 5 nitrogen and oxygen atoms in total. The molecule has 0 radical (unpaired) electrons. The minimum atomic E-state index is -0.128. The van der Waals surface area contributed by atoms with Crippen LogP contribution < -0.4 is 15.0 Å². The highest BCUT2D eigenvalue weighted by molar-refractivity contribution is 7.80. The quantitative estimate of drug-likeness (QED) is 0.210. The lowest BCUT2D eigenvalue weighted by Crippen LogP contribution is -2.29. The van der Waals surface area contributed by atoms with Gasteiger partial charge in [0.15, 0.2) is 5.11 Å². The number of nitrogens with zero attached hydrogens (tertiary/aromatic N) is 3. The monoisotopic (exact) mass is 564 g/mol. The highest BCUT2D eigenvalue weighted by atomic mass is 35.5. The second-order valence-corrected chi connectivity index (χ2v) is 10.9. The maximum atomic E-state index is 6.19. The average molecular weight is 565 g/mol. The highest BCUT2D eigenvalue weighted by Crippen LogP contribution is 2.44. The van der Waals surface area contributed by atoms with Crippen LogP contribution in [0.15, 0.2) is 103 Å². The van der Waals surface area contributed by atoms with Gasteiger partial charge in [-0.1, -0.05) is 35.4 Å². The summed E-state index contributed by atoms with van der Waals surface area (Å²) in [7, 11) is 0. The number of ether oxygens (including phenoxy) is 1. The van der Waals surface area contributed by atoms with E-state index in [-0.39, 0.29) is 12.1 Å². The Morgan fingerprint density at radius 2 is 1.48 bits per heavy atom. The predicted molar refractivity (Wildman–Crippen MR) is 166 cm³/mol. The molecule has 0 bridgehead atoms. The summed E-state index contributed by atoms with van der Waals surface area (Å²) >= 11 is 12.1. The van der Waals surface area contributed by atoms with Gasteiger partial charge in [0, 0.05) is 34.0 Å². The summed E-state index contributed by atoms with van der Waals surface area (Å²) in [6.07, 6.45) is 1.83. The fourth-order valence-corrected chi connectivity index (χ4v) is 5.91. The van der Waals surface area contributed by atoms with E-state index in [0.717, 1.165) is 40.0 Å². The van der Waals surface area contributed by atoms with Crippen molar-refractivity contribution in [1.29, 1.82) is 0 Å². The third kappa shape index (κ3) is 4.96. The van der Waals surface area contributed by atoms with Crippen LogP contribution >= 0.6 is 23.8 Å². The summed E-state index contributed by atoms with van der Waals surface area (Å²) in [4.78, 5) is 6.90. The van der Waals surface area contributed by atoms with Crippen LogP contribution in [0.25, 0.3) is 5.69 Å². The lowest BCUT2D eigenvalue weighted by Gasteiger charge is -2.28. The van der Waals surface area contributed by atoms with Crippen molar-refractivity contribution in [2.24, 2.45) is 0 Å². The van der Waals surface area contributed by atoms with Crippen molar-refractivity contribution in [3.05, 3.63) is 136 Å². The average Bonchev–Trinajstić information content (AvgIpc) is 3.46. The fourth-order valence-electron chi connectivity index (χ4n) is 5.44. The molecule has 3 aromatic carbocycles. The summed E-state index contributed by atoms with van der Waals surface area (Å²) in [6.45, 7) is 6.35. The van der Waals surface area contributed by atoms with Gasteiger partial charge in [0.05, 0.1) is 17.8 Å². The molecule has 40 heavy (non-hydrogen) atoms. The lowest BCUT2D eigenvalue weighted by molar-refractivity contribution is 0.482. The SMILES string of the molecule is Cc1ccc(Oc2ccc(N3C(=S)N[C@H](c4ccccn4)[C@H]3c3cc(C)n(-c4ccc(Cl)cc4)c3C)cc2)cc1. The molecule has 0 aliphatic carbocycles. The van der Waals surface area contributed by atoms with Crippen molar-refractivity contribution >= 4 is 34.6 Å². The molecule has 1 N–H and O–H groups in total. The summed E-state index contributed by atoms with van der Waals surface area (Å²) < 4.78 is 8.35. The van der Waals surface area contributed by atoms with Crippen LogP contribution in [0.2, 0.25) is 5.02 Å². The predicted octanol–water partition coefficient (Wildman–Crippen LogP) is 8.42. The smallest absolute Gasteiger partial charge is 0.174 e. The largest absolute Gasteiger partial charge is 0.457 e. The lowest BCUT2D eigenvalue weighted by atomic mass is 9.96. The highest BCUT2D eigenvalue weighted by Gasteiger charge is 2.42. The number of hydrogen-bond acceptors (Lipinski definition) is 3. The van der Waals surface area contributed by atoms with Crippen LogP contribution in [0.5, 0.6) is 11.5 Å². The first-order chi connectivity index (χ1) is 19.4. The number of thiocarbonyl (C=S) groups is 1. The molecule has 1 aliphatic heterocycles. The Kier molecular flexibility index (Phi) is 7.05. The third-order valence-electron chi connectivity index (χ3n) is 7.34. The molecule has 200 valence electrons. The van der Waals surface area contributed by atoms with Gasteiger partial charge in [-0.05, 0) is 117 Å². The van der Waals surface area contributed by atoms with E-state index in [1.165, 1.54) is 11.1 Å². The van der Waals surface area contributed by atoms with Crippen molar-refractivity contribution in [1.82, 2.24) is 14.9 Å². The Morgan fingerprint density at radius 3 is 2.12 bits per heavy atom. The molecule has 7 heteroatoms. The van der Waals surface area contributed by atoms with Gasteiger partial charge in [-0.25, -0.2) is 0 Å². The van der Waals surface area contributed by atoms with Crippen LogP contribution in [-0.2, 0) is 0 Å². The minimum Gasteiger partial charge on any atom is -0.457 e. The van der Waals surface area contributed by atoms with E-state index in [4.69, 9.17) is 33.5 Å². The van der Waals surface area contributed by atoms with E-state index in [1.807, 2.05) is 85.1 Å². The van der Waals surface area contributed by atoms with Gasteiger partial charge in [-0.3, -0.25) is 4.98 Å². The zero-order chi connectivity index (χ0) is 27.8. The number of hydrogen-bond donors (Lipinski definition) is 1. The fraction of sp³-hybridized carbons (Fsp3) is 0.152. The maximum Gasteiger partial charge on any atom is 0.174 e. The molecule has 1 aliphatic rings. The zero-order valence-corrected chi connectivity index (χ0v) is 24.1. The number of anilines is 1. The topological polar surface area (TPSA) is 42.3 Å². The number of aromatic nitrogens is 2. The summed E-state index contributed by atoms with van der Waals surface area (Å²) in [5.74, 6) is 1.57. The number of rotatable bonds is 6. The third-order valence-corrected chi connectivity index (χ3v) is 7.91. The molecular formula is C33H29ClN4OS. The van der Waals surface area contributed by atoms with Crippen LogP contribution in [0, 0.1) is 20.8 Å². The number of nitrogens with one attached hydrogen (secondary N) is 1. The van der Waals surface area contributed by atoms with Crippen molar-refractivity contribution in [2.45, 2.75) is 32.9 Å². The van der Waals surface area contributed by atoms with E-state index in [9.17, 15) is 0 Å². The number of pyridine rings is 1. The summed E-state index contributed by atoms with van der Waals surface area (Å²) in [5, 5.41) is 4.94. The first-order valence-corrected chi connectivity index (χ1v) is 14.0. The molecule has 0 amide bonds. The molecule has 0 unspecified atom stereocenters. The van der Waals surface area contributed by atoms with Crippen LogP contribution in [0.3, 0.4) is 0 Å². The first kappa shape index (κ1) is 26.1. The Bertz CT molecular complexity index is 1650. The van der Waals surface area contributed by atoms with Crippen LogP contribution in [0.4, 0.5) is 5.69 Å². The first-order valence-electron chi connectivity index (χ1n) is 13.2. The van der Waals surface area contributed by atoms with Crippen molar-refractivity contribution in [3.63, 3.8) is 0 Å². The molecule has 1 saturated heterocycles. The maximum absolute atomic E-state index is 6.19. The molecule has 5 aromatic rings.